The predicted octanol–water partition coefficient (Wildman–Crippen LogP) is 3.26. The average molecular weight is 278 g/mol. The Balaban J connectivity index is 1.58. The van der Waals surface area contributed by atoms with E-state index in [2.05, 4.69) is 10.5 Å². The topological polar surface area (TPSA) is 47.3 Å². The highest BCUT2D eigenvalue weighted by Crippen LogP contribution is 2.38. The first-order valence-corrected chi connectivity index (χ1v) is 7.98. The number of ether oxygens (including phenoxy) is 1. The van der Waals surface area contributed by atoms with Gasteiger partial charge >= 0.3 is 0 Å². The summed E-state index contributed by atoms with van der Waals surface area (Å²) in [5, 5.41) is 7.72. The van der Waals surface area contributed by atoms with Crippen LogP contribution in [0.3, 0.4) is 0 Å². The maximum atomic E-state index is 6.15. The van der Waals surface area contributed by atoms with Crippen molar-refractivity contribution in [3.8, 4) is 0 Å². The molecule has 2 fully saturated rings. The van der Waals surface area contributed by atoms with E-state index in [1.807, 2.05) is 13.8 Å². The van der Waals surface area contributed by atoms with Crippen molar-refractivity contribution >= 4 is 0 Å². The molecular weight excluding hydrogens is 252 g/mol. The van der Waals surface area contributed by atoms with Gasteiger partial charge < -0.3 is 14.6 Å². The van der Waals surface area contributed by atoms with E-state index in [0.29, 0.717) is 6.04 Å². The molecule has 4 nitrogen and oxygen atoms in total. The minimum atomic E-state index is 0.174. The molecule has 1 aliphatic heterocycles. The van der Waals surface area contributed by atoms with Gasteiger partial charge in [-0.3, -0.25) is 0 Å². The molecule has 2 aliphatic rings. The summed E-state index contributed by atoms with van der Waals surface area (Å²) in [4.78, 5) is 0. The molecule has 2 heterocycles. The summed E-state index contributed by atoms with van der Waals surface area (Å²) in [6, 6.07) is 0.565. The van der Waals surface area contributed by atoms with Crippen LogP contribution < -0.4 is 5.32 Å². The van der Waals surface area contributed by atoms with Gasteiger partial charge in [0.1, 0.15) is 5.76 Å². The van der Waals surface area contributed by atoms with Gasteiger partial charge in [-0.25, -0.2) is 0 Å². The number of nitrogens with one attached hydrogen (secondary N) is 1. The van der Waals surface area contributed by atoms with Crippen LogP contribution in [-0.2, 0) is 11.3 Å². The molecule has 0 bridgehead atoms. The Bertz CT molecular complexity index is 424. The third-order valence-corrected chi connectivity index (χ3v) is 5.01. The molecule has 1 atom stereocenters. The minimum Gasteiger partial charge on any atom is -0.375 e. The second-order valence-electron chi connectivity index (χ2n) is 6.47. The fourth-order valence-electron chi connectivity index (χ4n) is 3.75. The molecule has 0 radical (unpaired) electrons. The van der Waals surface area contributed by atoms with Crippen molar-refractivity contribution in [2.75, 3.05) is 6.61 Å². The van der Waals surface area contributed by atoms with E-state index >= 15 is 0 Å². The van der Waals surface area contributed by atoms with E-state index in [9.17, 15) is 0 Å². The molecular formula is C16H26N2O2. The highest BCUT2D eigenvalue weighted by Gasteiger charge is 2.38. The molecule has 1 saturated heterocycles. The second kappa shape index (κ2) is 5.86. The van der Waals surface area contributed by atoms with Crippen LogP contribution in [0.1, 0.15) is 62.0 Å². The fraction of sp³-hybridized carbons (Fsp3) is 0.812. The lowest BCUT2D eigenvalue weighted by atomic mass is 9.78. The lowest BCUT2D eigenvalue weighted by Gasteiger charge is -2.43. The third-order valence-electron chi connectivity index (χ3n) is 5.01. The van der Waals surface area contributed by atoms with Gasteiger partial charge in [0, 0.05) is 24.8 Å². The highest BCUT2D eigenvalue weighted by molar-refractivity contribution is 5.20. The molecule has 4 heteroatoms. The first kappa shape index (κ1) is 14.1. The Morgan fingerprint density at radius 2 is 2.05 bits per heavy atom. The first-order valence-electron chi connectivity index (χ1n) is 7.98. The van der Waals surface area contributed by atoms with E-state index in [1.165, 1.54) is 37.7 Å². The van der Waals surface area contributed by atoms with Gasteiger partial charge in [-0.2, -0.15) is 0 Å². The summed E-state index contributed by atoms with van der Waals surface area (Å²) >= 11 is 0. The molecule has 3 rings (SSSR count). The van der Waals surface area contributed by atoms with Crippen LogP contribution >= 0.6 is 0 Å². The van der Waals surface area contributed by atoms with E-state index in [-0.39, 0.29) is 5.60 Å². The summed E-state index contributed by atoms with van der Waals surface area (Å²) in [6.07, 6.45) is 8.81. The van der Waals surface area contributed by atoms with E-state index in [0.717, 1.165) is 37.4 Å². The van der Waals surface area contributed by atoms with Gasteiger partial charge in [0.25, 0.3) is 0 Å². The fourth-order valence-corrected chi connectivity index (χ4v) is 3.75. The Kier molecular flexibility index (Phi) is 4.13. The molecule has 1 unspecified atom stereocenters. The van der Waals surface area contributed by atoms with Crippen LogP contribution in [0.5, 0.6) is 0 Å². The molecule has 1 aromatic heterocycles. The average Bonchev–Trinajstić information content (AvgIpc) is 2.77. The molecule has 1 N–H and O–H groups in total. The quantitative estimate of drug-likeness (QED) is 0.922. The zero-order valence-electron chi connectivity index (χ0n) is 12.7. The molecule has 0 amide bonds. The van der Waals surface area contributed by atoms with Crippen LogP contribution in [0.4, 0.5) is 0 Å². The maximum Gasteiger partial charge on any atom is 0.138 e. The van der Waals surface area contributed by atoms with Crippen LogP contribution in [0.2, 0.25) is 0 Å². The highest BCUT2D eigenvalue weighted by atomic mass is 16.5. The zero-order chi connectivity index (χ0) is 14.0. The molecule has 20 heavy (non-hydrogen) atoms. The Morgan fingerprint density at radius 1 is 1.25 bits per heavy atom. The van der Waals surface area contributed by atoms with Gasteiger partial charge in [-0.05, 0) is 39.5 Å². The maximum absolute atomic E-state index is 6.15. The Labute approximate surface area is 121 Å². The molecule has 0 aromatic carbocycles. The third kappa shape index (κ3) is 2.91. The molecule has 1 aliphatic carbocycles. The zero-order valence-corrected chi connectivity index (χ0v) is 12.7. The standard InChI is InChI=1S/C16H26N2O2/c1-12-15(13(2)20-18-12)11-17-14-6-9-19-16(10-14)7-4-3-5-8-16/h14,17H,3-11H2,1-2H3. The number of hydrogen-bond donors (Lipinski definition) is 1. The van der Waals surface area contributed by atoms with E-state index < -0.39 is 0 Å². The molecule has 1 saturated carbocycles. The van der Waals surface area contributed by atoms with Gasteiger partial charge in [-0.1, -0.05) is 24.4 Å². The summed E-state index contributed by atoms with van der Waals surface area (Å²) in [5.74, 6) is 0.939. The SMILES string of the molecule is Cc1noc(C)c1CNC1CCOC2(CCCCC2)C1. The van der Waals surface area contributed by atoms with Crippen molar-refractivity contribution in [1.82, 2.24) is 10.5 Å². The first-order chi connectivity index (χ1) is 9.69. The number of nitrogens with zero attached hydrogens (tertiary/aromatic N) is 1. The number of aryl methyl sites for hydroxylation is 2. The Morgan fingerprint density at radius 3 is 2.75 bits per heavy atom. The van der Waals surface area contributed by atoms with Crippen LogP contribution in [0.15, 0.2) is 4.52 Å². The lowest BCUT2D eigenvalue weighted by molar-refractivity contribution is -0.109. The minimum absolute atomic E-state index is 0.174. The second-order valence-corrected chi connectivity index (χ2v) is 6.47. The van der Waals surface area contributed by atoms with Crippen molar-refractivity contribution in [2.45, 2.75) is 77.0 Å². The molecule has 1 spiro atoms. The van der Waals surface area contributed by atoms with Crippen LogP contribution in [-0.4, -0.2) is 23.4 Å². The monoisotopic (exact) mass is 278 g/mol. The van der Waals surface area contributed by atoms with Crippen molar-refractivity contribution in [2.24, 2.45) is 0 Å². The van der Waals surface area contributed by atoms with Gasteiger partial charge in [0.15, 0.2) is 0 Å². The number of rotatable bonds is 3. The van der Waals surface area contributed by atoms with E-state index in [1.54, 1.807) is 0 Å². The number of hydrogen-bond acceptors (Lipinski definition) is 4. The van der Waals surface area contributed by atoms with Crippen molar-refractivity contribution in [1.29, 1.82) is 0 Å². The van der Waals surface area contributed by atoms with Crippen molar-refractivity contribution < 1.29 is 9.26 Å². The Hall–Kier alpha value is -0.870. The summed E-state index contributed by atoms with van der Waals surface area (Å²) in [7, 11) is 0. The largest absolute Gasteiger partial charge is 0.375 e. The summed E-state index contributed by atoms with van der Waals surface area (Å²) in [6.45, 7) is 5.77. The van der Waals surface area contributed by atoms with Crippen LogP contribution in [0, 0.1) is 13.8 Å². The molecule has 1 aromatic rings. The van der Waals surface area contributed by atoms with Gasteiger partial charge in [0.05, 0.1) is 11.3 Å². The molecule has 112 valence electrons. The number of aromatic nitrogens is 1. The smallest absolute Gasteiger partial charge is 0.138 e. The predicted molar refractivity (Wildman–Crippen MR) is 77.6 cm³/mol. The van der Waals surface area contributed by atoms with E-state index in [4.69, 9.17) is 9.26 Å². The van der Waals surface area contributed by atoms with Gasteiger partial charge in [0.2, 0.25) is 0 Å². The van der Waals surface area contributed by atoms with Gasteiger partial charge in [-0.15, -0.1) is 0 Å². The van der Waals surface area contributed by atoms with Crippen LogP contribution in [0.25, 0.3) is 0 Å². The normalized spacial score (nSPS) is 26.0. The van der Waals surface area contributed by atoms with Crippen molar-refractivity contribution in [3.63, 3.8) is 0 Å². The summed E-state index contributed by atoms with van der Waals surface area (Å²) in [5.41, 5.74) is 2.40. The summed E-state index contributed by atoms with van der Waals surface area (Å²) < 4.78 is 11.4. The lowest BCUT2D eigenvalue weighted by Crippen LogP contribution is -2.47. The van der Waals surface area contributed by atoms with Crippen molar-refractivity contribution in [3.05, 3.63) is 17.0 Å².